The number of carbonyl (C=O) groups is 1. The van der Waals surface area contributed by atoms with Crippen LogP contribution in [0, 0.1) is 11.3 Å². The molecule has 0 aromatic heterocycles. The van der Waals surface area contributed by atoms with E-state index in [4.69, 9.17) is 10.00 Å². The second-order valence-corrected chi connectivity index (χ2v) is 5.37. The Labute approximate surface area is 116 Å². The number of aliphatic hydroxyl groups is 1. The summed E-state index contributed by atoms with van der Waals surface area (Å²) in [5, 5.41) is 29.8. The second kappa shape index (κ2) is 4.47. The van der Waals surface area contributed by atoms with Crippen LogP contribution in [0.3, 0.4) is 0 Å². The van der Waals surface area contributed by atoms with Gasteiger partial charge in [-0.15, -0.1) is 0 Å². The van der Waals surface area contributed by atoms with Gasteiger partial charge in [-0.3, -0.25) is 10.0 Å². The van der Waals surface area contributed by atoms with E-state index in [-0.39, 0.29) is 11.5 Å². The van der Waals surface area contributed by atoms with Gasteiger partial charge in [0, 0.05) is 18.9 Å². The first-order valence-electron chi connectivity index (χ1n) is 6.15. The van der Waals surface area contributed by atoms with Crippen LogP contribution in [-0.2, 0) is 11.2 Å². The summed E-state index contributed by atoms with van der Waals surface area (Å²) in [7, 11) is 0. The predicted molar refractivity (Wildman–Crippen MR) is 68.8 cm³/mol. The van der Waals surface area contributed by atoms with E-state index < -0.39 is 17.2 Å². The van der Waals surface area contributed by atoms with Crippen molar-refractivity contribution in [1.82, 2.24) is 5.06 Å². The van der Waals surface area contributed by atoms with Gasteiger partial charge in [0.25, 0.3) is 0 Å². The zero-order valence-electron chi connectivity index (χ0n) is 11.5. The molecule has 0 saturated heterocycles. The maximum absolute atomic E-state index is 11.4. The normalized spacial score (nSPS) is 23.2. The molecule has 0 spiro atoms. The van der Waals surface area contributed by atoms with Gasteiger partial charge in [0.15, 0.2) is 5.60 Å². The van der Waals surface area contributed by atoms with Gasteiger partial charge >= 0.3 is 0 Å². The first kappa shape index (κ1) is 14.3. The van der Waals surface area contributed by atoms with Gasteiger partial charge in [-0.2, -0.15) is 10.3 Å². The lowest BCUT2D eigenvalue weighted by Crippen LogP contribution is -2.67. The summed E-state index contributed by atoms with van der Waals surface area (Å²) in [6.07, 6.45) is -0.0269. The first-order chi connectivity index (χ1) is 9.21. The molecule has 0 radical (unpaired) electrons. The maximum Gasteiger partial charge on any atom is 0.245 e. The van der Waals surface area contributed by atoms with Gasteiger partial charge in [0.2, 0.25) is 11.6 Å². The second-order valence-electron chi connectivity index (χ2n) is 5.37. The van der Waals surface area contributed by atoms with Gasteiger partial charge in [0.1, 0.15) is 5.75 Å². The molecule has 1 aromatic carbocycles. The molecule has 2 N–H and O–H groups in total. The third-order valence-electron chi connectivity index (χ3n) is 3.60. The topological polar surface area (TPSA) is 93.8 Å². The Bertz CT molecular complexity index is 606. The zero-order valence-corrected chi connectivity index (χ0v) is 11.5. The summed E-state index contributed by atoms with van der Waals surface area (Å²) in [4.78, 5) is 11.4. The highest BCUT2D eigenvalue weighted by atomic mass is 16.6. The van der Waals surface area contributed by atoms with Crippen molar-refractivity contribution >= 4 is 5.91 Å². The van der Waals surface area contributed by atoms with Crippen molar-refractivity contribution in [2.24, 2.45) is 0 Å². The van der Waals surface area contributed by atoms with Crippen LogP contribution in [-0.4, -0.2) is 32.6 Å². The molecule has 1 aliphatic rings. The fourth-order valence-electron chi connectivity index (χ4n) is 2.31. The molecule has 0 saturated carbocycles. The van der Waals surface area contributed by atoms with E-state index in [1.165, 1.54) is 0 Å². The van der Waals surface area contributed by atoms with Crippen LogP contribution in [0.25, 0.3) is 0 Å². The van der Waals surface area contributed by atoms with Gasteiger partial charge in [0.05, 0.1) is 11.6 Å². The monoisotopic (exact) mass is 276 g/mol. The average molecular weight is 276 g/mol. The smallest absolute Gasteiger partial charge is 0.245 e. The van der Waals surface area contributed by atoms with Crippen molar-refractivity contribution in [3.05, 3.63) is 29.3 Å². The molecular formula is C14H16N2O4. The Morgan fingerprint density at radius 1 is 1.50 bits per heavy atom. The van der Waals surface area contributed by atoms with Gasteiger partial charge in [-0.1, -0.05) is 0 Å². The number of rotatable bonds is 1. The molecule has 1 aliphatic heterocycles. The van der Waals surface area contributed by atoms with Crippen LogP contribution in [0.4, 0.5) is 0 Å². The number of fused-ring (bicyclic) bond motifs is 1. The Kier molecular flexibility index (Phi) is 3.20. The van der Waals surface area contributed by atoms with Crippen molar-refractivity contribution < 1.29 is 19.8 Å². The minimum Gasteiger partial charge on any atom is -0.482 e. The molecule has 1 amide bonds. The lowest BCUT2D eigenvalue weighted by Gasteiger charge is -2.49. The number of nitriles is 1. The molecule has 1 atom stereocenters. The number of hydroxylamine groups is 2. The number of carbonyl (C=O) groups excluding carboxylic acids is 1. The molecule has 2 rings (SSSR count). The Hall–Kier alpha value is -2.10. The third-order valence-corrected chi connectivity index (χ3v) is 3.60. The van der Waals surface area contributed by atoms with E-state index in [2.05, 4.69) is 0 Å². The molecule has 0 bridgehead atoms. The highest BCUT2D eigenvalue weighted by Gasteiger charge is 2.54. The van der Waals surface area contributed by atoms with Crippen LogP contribution in [0.2, 0.25) is 0 Å². The molecule has 1 aromatic rings. The number of amides is 1. The summed E-state index contributed by atoms with van der Waals surface area (Å²) >= 11 is 0. The van der Waals surface area contributed by atoms with Crippen molar-refractivity contribution in [3.8, 4) is 11.8 Å². The minimum absolute atomic E-state index is 0.0269. The van der Waals surface area contributed by atoms with Gasteiger partial charge < -0.3 is 9.84 Å². The van der Waals surface area contributed by atoms with E-state index in [0.29, 0.717) is 16.9 Å². The van der Waals surface area contributed by atoms with E-state index in [1.54, 1.807) is 32.0 Å². The predicted octanol–water partition coefficient (Wildman–Crippen LogP) is 1.20. The van der Waals surface area contributed by atoms with Gasteiger partial charge in [-0.05, 0) is 32.0 Å². The fraction of sp³-hybridized carbons (Fsp3) is 0.429. The highest BCUT2D eigenvalue weighted by Crippen LogP contribution is 2.41. The molecule has 1 heterocycles. The average Bonchev–Trinajstić information content (AvgIpc) is 2.38. The van der Waals surface area contributed by atoms with E-state index in [1.807, 2.05) is 6.07 Å². The van der Waals surface area contributed by atoms with Crippen molar-refractivity contribution in [2.75, 3.05) is 0 Å². The summed E-state index contributed by atoms with van der Waals surface area (Å²) in [5.41, 5.74) is -2.12. The zero-order chi connectivity index (χ0) is 15.1. The Morgan fingerprint density at radius 2 is 2.15 bits per heavy atom. The largest absolute Gasteiger partial charge is 0.482 e. The third kappa shape index (κ3) is 2.01. The SMILES string of the molecule is CC(=O)N(O)C1(O)Cc2cc(C#N)ccc2OC1(C)C. The van der Waals surface area contributed by atoms with Crippen molar-refractivity contribution in [3.63, 3.8) is 0 Å². The highest BCUT2D eigenvalue weighted by molar-refractivity contribution is 5.73. The molecule has 106 valence electrons. The maximum atomic E-state index is 11.4. The standard InChI is InChI=1S/C14H16N2O4/c1-9(17)16(19)14(18)7-11-6-10(8-15)4-5-12(11)20-13(14,2)3/h4-6,18-19H,7H2,1-3H3. The van der Waals surface area contributed by atoms with Crippen molar-refractivity contribution in [1.29, 1.82) is 5.26 Å². The molecule has 6 nitrogen and oxygen atoms in total. The molecule has 1 unspecified atom stereocenters. The molecule has 6 heteroatoms. The van der Waals surface area contributed by atoms with Crippen LogP contribution in [0.1, 0.15) is 31.9 Å². The summed E-state index contributed by atoms with van der Waals surface area (Å²) in [5.74, 6) is -0.167. The first-order valence-corrected chi connectivity index (χ1v) is 6.15. The molecular weight excluding hydrogens is 260 g/mol. The van der Waals surface area contributed by atoms with Crippen molar-refractivity contribution in [2.45, 2.75) is 38.5 Å². The van der Waals surface area contributed by atoms with Crippen LogP contribution in [0.15, 0.2) is 18.2 Å². The summed E-state index contributed by atoms with van der Waals surface area (Å²) < 4.78 is 5.69. The Morgan fingerprint density at radius 3 is 2.70 bits per heavy atom. The van der Waals surface area contributed by atoms with E-state index >= 15 is 0 Å². The lowest BCUT2D eigenvalue weighted by atomic mass is 9.84. The molecule has 0 fully saturated rings. The summed E-state index contributed by atoms with van der Waals surface area (Å²) in [6.45, 7) is 4.32. The number of benzene rings is 1. The molecule has 0 aliphatic carbocycles. The fourth-order valence-corrected chi connectivity index (χ4v) is 2.31. The molecule has 20 heavy (non-hydrogen) atoms. The van der Waals surface area contributed by atoms with Gasteiger partial charge in [-0.25, -0.2) is 0 Å². The number of nitrogens with zero attached hydrogens (tertiary/aromatic N) is 2. The lowest BCUT2D eigenvalue weighted by molar-refractivity contribution is -0.301. The Balaban J connectivity index is 2.52. The van der Waals surface area contributed by atoms with Crippen LogP contribution in [0.5, 0.6) is 5.75 Å². The van der Waals surface area contributed by atoms with E-state index in [9.17, 15) is 15.1 Å². The van der Waals surface area contributed by atoms with Crippen LogP contribution >= 0.6 is 0 Å². The number of hydrogen-bond acceptors (Lipinski definition) is 5. The summed E-state index contributed by atoms with van der Waals surface area (Å²) in [6, 6.07) is 6.83. The number of ether oxygens (including phenoxy) is 1. The minimum atomic E-state index is -1.90. The van der Waals surface area contributed by atoms with Crippen LogP contribution < -0.4 is 4.74 Å². The van der Waals surface area contributed by atoms with E-state index in [0.717, 1.165) is 6.92 Å². The quantitative estimate of drug-likeness (QED) is 0.456. The number of hydrogen-bond donors (Lipinski definition) is 2.